The zero-order valence-corrected chi connectivity index (χ0v) is 22.1. The van der Waals surface area contributed by atoms with Crippen LogP contribution in [0.4, 0.5) is 0 Å². The van der Waals surface area contributed by atoms with E-state index in [-0.39, 0.29) is 0 Å². The first-order valence-electron chi connectivity index (χ1n) is 12.6. The van der Waals surface area contributed by atoms with Gasteiger partial charge in [0.25, 0.3) is 0 Å². The van der Waals surface area contributed by atoms with E-state index in [9.17, 15) is 0 Å². The molecule has 1 aromatic heterocycles. The van der Waals surface area contributed by atoms with Gasteiger partial charge >= 0.3 is 0 Å². The molecule has 37 heavy (non-hydrogen) atoms. The van der Waals surface area contributed by atoms with Crippen molar-refractivity contribution in [2.24, 2.45) is 0 Å². The van der Waals surface area contributed by atoms with E-state index in [0.29, 0.717) is 0 Å². The largest absolute Gasteiger partial charge is 0.258 e. The van der Waals surface area contributed by atoms with E-state index >= 15 is 0 Å². The van der Waals surface area contributed by atoms with Crippen LogP contribution in [0.2, 0.25) is 0 Å². The molecule has 2 heteroatoms. The van der Waals surface area contributed by atoms with Crippen LogP contribution in [0.3, 0.4) is 0 Å². The fourth-order valence-corrected chi connectivity index (χ4v) is 6.79. The standard InChI is InChI=1S/C35H30NP/c1-27-25-35(26-28(2)36-27)37(33-21-17-31(18-22-33)15-13-29-9-5-3-6-10-29)34-23-19-32(20-24-34)16-14-30-11-7-4-8-12-30/h3-26H,1-2H3/b15-13+,16-14+. The van der Waals surface area contributed by atoms with Gasteiger partial charge in [-0.15, -0.1) is 0 Å². The van der Waals surface area contributed by atoms with Crippen LogP contribution in [-0.2, 0) is 0 Å². The summed E-state index contributed by atoms with van der Waals surface area (Å²) in [4.78, 5) is 4.63. The van der Waals surface area contributed by atoms with Gasteiger partial charge in [0.2, 0.25) is 0 Å². The number of benzene rings is 4. The molecule has 5 aromatic rings. The molecule has 0 spiro atoms. The van der Waals surface area contributed by atoms with Crippen molar-refractivity contribution in [3.05, 3.63) is 155 Å². The fourth-order valence-electron chi connectivity index (χ4n) is 4.37. The molecular weight excluding hydrogens is 465 g/mol. The maximum absolute atomic E-state index is 4.63. The lowest BCUT2D eigenvalue weighted by Crippen LogP contribution is -2.21. The maximum Gasteiger partial charge on any atom is 0.0382 e. The van der Waals surface area contributed by atoms with Crippen LogP contribution < -0.4 is 15.9 Å². The zero-order valence-electron chi connectivity index (χ0n) is 21.3. The summed E-state index contributed by atoms with van der Waals surface area (Å²) in [6.45, 7) is 4.16. The smallest absolute Gasteiger partial charge is 0.0382 e. The average Bonchev–Trinajstić information content (AvgIpc) is 2.93. The van der Waals surface area contributed by atoms with Crippen LogP contribution in [0.25, 0.3) is 24.3 Å². The second-order valence-corrected chi connectivity index (χ2v) is 11.3. The minimum atomic E-state index is -0.698. The van der Waals surface area contributed by atoms with Crippen LogP contribution in [0.15, 0.2) is 121 Å². The highest BCUT2D eigenvalue weighted by Crippen LogP contribution is 2.33. The number of hydrogen-bond donors (Lipinski definition) is 0. The summed E-state index contributed by atoms with van der Waals surface area (Å²) in [7, 11) is -0.698. The summed E-state index contributed by atoms with van der Waals surface area (Å²) in [6, 6.07) is 43.4. The van der Waals surface area contributed by atoms with Gasteiger partial charge in [-0.2, -0.15) is 0 Å². The molecule has 0 saturated heterocycles. The van der Waals surface area contributed by atoms with Gasteiger partial charge < -0.3 is 0 Å². The van der Waals surface area contributed by atoms with Crippen molar-refractivity contribution in [1.82, 2.24) is 4.98 Å². The normalized spacial score (nSPS) is 11.5. The number of hydrogen-bond acceptors (Lipinski definition) is 1. The predicted octanol–water partition coefficient (Wildman–Crippen LogP) is 7.80. The summed E-state index contributed by atoms with van der Waals surface area (Å²) >= 11 is 0. The van der Waals surface area contributed by atoms with Crippen molar-refractivity contribution >= 4 is 48.1 Å². The number of aryl methyl sites for hydroxylation is 2. The first kappa shape index (κ1) is 24.6. The van der Waals surface area contributed by atoms with Gasteiger partial charge in [0.05, 0.1) is 0 Å². The van der Waals surface area contributed by atoms with Crippen LogP contribution in [0, 0.1) is 13.8 Å². The summed E-state index contributed by atoms with van der Waals surface area (Å²) in [5.74, 6) is 0. The van der Waals surface area contributed by atoms with Crippen LogP contribution in [0.1, 0.15) is 33.6 Å². The first-order chi connectivity index (χ1) is 18.1. The van der Waals surface area contributed by atoms with Crippen molar-refractivity contribution in [2.75, 3.05) is 0 Å². The first-order valence-corrected chi connectivity index (χ1v) is 13.9. The number of nitrogens with zero attached hydrogens (tertiary/aromatic N) is 1. The highest BCUT2D eigenvalue weighted by atomic mass is 31.1. The molecule has 0 bridgehead atoms. The van der Waals surface area contributed by atoms with Crippen molar-refractivity contribution in [2.45, 2.75) is 13.8 Å². The predicted molar refractivity (Wildman–Crippen MR) is 163 cm³/mol. The Labute approximate surface area is 221 Å². The van der Waals surface area contributed by atoms with E-state index in [2.05, 4.69) is 152 Å². The molecule has 0 fully saturated rings. The topological polar surface area (TPSA) is 12.9 Å². The van der Waals surface area contributed by atoms with Gasteiger partial charge in [-0.3, -0.25) is 4.98 Å². The minimum absolute atomic E-state index is 0.698. The maximum atomic E-state index is 4.63. The van der Waals surface area contributed by atoms with Gasteiger partial charge in [-0.1, -0.05) is 133 Å². The molecular formula is C35H30NP. The van der Waals surface area contributed by atoms with E-state index in [1.54, 1.807) is 0 Å². The van der Waals surface area contributed by atoms with Crippen molar-refractivity contribution in [3.63, 3.8) is 0 Å². The minimum Gasteiger partial charge on any atom is -0.258 e. The zero-order chi connectivity index (χ0) is 25.5. The van der Waals surface area contributed by atoms with E-state index in [1.807, 2.05) is 12.1 Å². The van der Waals surface area contributed by atoms with E-state index in [1.165, 1.54) is 38.2 Å². The second-order valence-electron chi connectivity index (χ2n) is 9.11. The molecule has 0 aliphatic carbocycles. The summed E-state index contributed by atoms with van der Waals surface area (Å²) in [5.41, 5.74) is 6.94. The molecule has 1 heterocycles. The van der Waals surface area contributed by atoms with Crippen LogP contribution in [-0.4, -0.2) is 4.98 Å². The quantitative estimate of drug-likeness (QED) is 0.166. The molecule has 0 N–H and O–H groups in total. The fraction of sp³-hybridized carbons (Fsp3) is 0.0571. The van der Waals surface area contributed by atoms with E-state index in [4.69, 9.17) is 0 Å². The van der Waals surface area contributed by atoms with Crippen molar-refractivity contribution in [3.8, 4) is 0 Å². The van der Waals surface area contributed by atoms with E-state index < -0.39 is 7.92 Å². The second kappa shape index (κ2) is 11.8. The third-order valence-corrected chi connectivity index (χ3v) is 8.57. The molecule has 0 amide bonds. The number of pyridine rings is 1. The van der Waals surface area contributed by atoms with Gasteiger partial charge in [-0.05, 0) is 72.1 Å². The highest BCUT2D eigenvalue weighted by Gasteiger charge is 2.17. The third-order valence-electron chi connectivity index (χ3n) is 6.16. The monoisotopic (exact) mass is 495 g/mol. The Morgan fingerprint density at radius 2 is 0.784 bits per heavy atom. The molecule has 0 aliphatic heterocycles. The van der Waals surface area contributed by atoms with Gasteiger partial charge in [0, 0.05) is 11.4 Å². The Hall–Kier alpha value is -4.06. The Morgan fingerprint density at radius 3 is 1.16 bits per heavy atom. The highest BCUT2D eigenvalue weighted by molar-refractivity contribution is 7.79. The summed E-state index contributed by atoms with van der Waals surface area (Å²) < 4.78 is 0. The molecule has 180 valence electrons. The Morgan fingerprint density at radius 1 is 0.432 bits per heavy atom. The molecule has 0 unspecified atom stereocenters. The number of rotatable bonds is 7. The van der Waals surface area contributed by atoms with E-state index in [0.717, 1.165) is 11.4 Å². The van der Waals surface area contributed by atoms with Gasteiger partial charge in [0.1, 0.15) is 0 Å². The van der Waals surface area contributed by atoms with Crippen LogP contribution >= 0.6 is 7.92 Å². The lowest BCUT2D eigenvalue weighted by atomic mass is 10.1. The Balaban J connectivity index is 1.45. The van der Waals surface area contributed by atoms with Gasteiger partial charge in [0.15, 0.2) is 0 Å². The molecule has 4 aromatic carbocycles. The number of aromatic nitrogens is 1. The molecule has 0 radical (unpaired) electrons. The molecule has 0 atom stereocenters. The third kappa shape index (κ3) is 6.58. The van der Waals surface area contributed by atoms with Crippen molar-refractivity contribution in [1.29, 1.82) is 0 Å². The molecule has 5 rings (SSSR count). The Bertz CT molecular complexity index is 1390. The SMILES string of the molecule is Cc1cc(P(c2ccc(/C=C/c3ccccc3)cc2)c2ccc(/C=C/c3ccccc3)cc2)cc(C)n1. The van der Waals surface area contributed by atoms with Crippen LogP contribution in [0.5, 0.6) is 0 Å². The molecule has 0 saturated carbocycles. The Kier molecular flexibility index (Phi) is 7.84. The lowest BCUT2D eigenvalue weighted by Gasteiger charge is -2.20. The molecule has 0 aliphatic rings. The summed E-state index contributed by atoms with van der Waals surface area (Å²) in [5, 5.41) is 4.01. The summed E-state index contributed by atoms with van der Waals surface area (Å²) in [6.07, 6.45) is 8.68. The lowest BCUT2D eigenvalue weighted by molar-refractivity contribution is 1.13. The van der Waals surface area contributed by atoms with Gasteiger partial charge in [-0.25, -0.2) is 0 Å². The average molecular weight is 496 g/mol. The van der Waals surface area contributed by atoms with Crippen molar-refractivity contribution < 1.29 is 0 Å². The molecule has 1 nitrogen and oxygen atoms in total.